The minimum atomic E-state index is -0.910. The molecular formula is C30H36ClN3O2. The van der Waals surface area contributed by atoms with E-state index in [1.165, 1.54) is 17.0 Å². The average molecular weight is 506 g/mol. The van der Waals surface area contributed by atoms with Crippen molar-refractivity contribution in [3.63, 3.8) is 0 Å². The van der Waals surface area contributed by atoms with Crippen LogP contribution in [0.1, 0.15) is 38.3 Å². The smallest absolute Gasteiger partial charge is 0.161 e. The van der Waals surface area contributed by atoms with E-state index in [4.69, 9.17) is 16.3 Å². The van der Waals surface area contributed by atoms with E-state index >= 15 is 0 Å². The highest BCUT2D eigenvalue weighted by Gasteiger charge is 2.27. The minimum absolute atomic E-state index is 0.440. The zero-order valence-corrected chi connectivity index (χ0v) is 22.2. The molecular weight excluding hydrogens is 470 g/mol. The quantitative estimate of drug-likeness (QED) is 0.568. The maximum absolute atomic E-state index is 10.7. The highest BCUT2D eigenvalue weighted by atomic mass is 35.5. The van der Waals surface area contributed by atoms with E-state index in [1.54, 1.807) is 0 Å². The van der Waals surface area contributed by atoms with Gasteiger partial charge in [0.1, 0.15) is 5.75 Å². The summed E-state index contributed by atoms with van der Waals surface area (Å²) in [4.78, 5) is 7.30. The molecule has 0 aliphatic carbocycles. The zero-order valence-electron chi connectivity index (χ0n) is 21.5. The molecule has 0 amide bonds. The largest absolute Gasteiger partial charge is 0.472 e. The van der Waals surface area contributed by atoms with Crippen LogP contribution in [-0.4, -0.2) is 60.4 Å². The molecule has 0 saturated carbocycles. The molecule has 36 heavy (non-hydrogen) atoms. The molecule has 6 heteroatoms. The van der Waals surface area contributed by atoms with Crippen molar-refractivity contribution in [1.29, 1.82) is 0 Å². The van der Waals surface area contributed by atoms with Gasteiger partial charge in [-0.05, 0) is 75.2 Å². The standard InChI is InChI=1S/C30H36ClN3O2/c1-22-20-32(17-18-34(22)25-12-10-24(31)11-13-25)15-6-7-26-27-19-23(30(2,3)35)9-14-29(27)36-21-33-16-5-4-8-28(26)33/h4-5,7-14,19,22,35H,6,15-18,20-21H2,1-3H3. The number of piperazine rings is 1. The van der Waals surface area contributed by atoms with Gasteiger partial charge in [-0.15, -0.1) is 0 Å². The molecule has 3 heterocycles. The van der Waals surface area contributed by atoms with Crippen LogP contribution in [0.25, 0.3) is 5.57 Å². The fourth-order valence-corrected chi connectivity index (χ4v) is 5.45. The predicted octanol–water partition coefficient (Wildman–Crippen LogP) is 5.66. The van der Waals surface area contributed by atoms with Crippen LogP contribution < -0.4 is 9.64 Å². The molecule has 0 aromatic heterocycles. The molecule has 0 radical (unpaired) electrons. The number of fused-ring (bicyclic) bond motifs is 2. The number of aliphatic hydroxyl groups is 1. The second-order valence-electron chi connectivity index (χ2n) is 10.5. The molecule has 2 aromatic carbocycles. The molecule has 2 aromatic rings. The second-order valence-corrected chi connectivity index (χ2v) is 10.9. The van der Waals surface area contributed by atoms with Gasteiger partial charge < -0.3 is 19.6 Å². The van der Waals surface area contributed by atoms with Crippen molar-refractivity contribution in [2.45, 2.75) is 38.8 Å². The first kappa shape index (κ1) is 24.9. The maximum Gasteiger partial charge on any atom is 0.161 e. The molecule has 0 spiro atoms. The van der Waals surface area contributed by atoms with Crippen LogP contribution >= 0.6 is 11.6 Å². The number of halogens is 1. The SMILES string of the molecule is CC1CN(CCC=C2C3=CC=CCN3COc3ccc(C(C)(C)O)cc32)CCN1c1ccc(Cl)cc1. The Bertz CT molecular complexity index is 1180. The van der Waals surface area contributed by atoms with Gasteiger partial charge in [-0.2, -0.15) is 0 Å². The monoisotopic (exact) mass is 505 g/mol. The summed E-state index contributed by atoms with van der Waals surface area (Å²) in [6, 6.07) is 14.7. The van der Waals surface area contributed by atoms with Gasteiger partial charge in [-0.3, -0.25) is 4.90 Å². The Hall–Kier alpha value is -2.73. The summed E-state index contributed by atoms with van der Waals surface area (Å²) in [5, 5.41) is 11.4. The third kappa shape index (κ3) is 5.34. The Morgan fingerprint density at radius 3 is 2.69 bits per heavy atom. The lowest BCUT2D eigenvalue weighted by Crippen LogP contribution is -2.52. The number of hydrogen-bond donors (Lipinski definition) is 1. The van der Waals surface area contributed by atoms with Gasteiger partial charge in [0.2, 0.25) is 0 Å². The van der Waals surface area contributed by atoms with Crippen molar-refractivity contribution in [1.82, 2.24) is 9.80 Å². The lowest BCUT2D eigenvalue weighted by molar-refractivity contribution is 0.0785. The minimum Gasteiger partial charge on any atom is -0.472 e. The van der Waals surface area contributed by atoms with Gasteiger partial charge in [0.25, 0.3) is 0 Å². The molecule has 1 unspecified atom stereocenters. The van der Waals surface area contributed by atoms with Crippen LogP contribution in [-0.2, 0) is 5.60 Å². The Morgan fingerprint density at radius 2 is 1.94 bits per heavy atom. The van der Waals surface area contributed by atoms with E-state index < -0.39 is 5.60 Å². The molecule has 1 fully saturated rings. The highest BCUT2D eigenvalue weighted by Crippen LogP contribution is 2.39. The number of ether oxygens (including phenoxy) is 1. The molecule has 1 N–H and O–H groups in total. The molecule has 5 nitrogen and oxygen atoms in total. The van der Waals surface area contributed by atoms with E-state index in [9.17, 15) is 5.11 Å². The van der Waals surface area contributed by atoms with E-state index in [-0.39, 0.29) is 0 Å². The van der Waals surface area contributed by atoms with Crippen molar-refractivity contribution in [2.24, 2.45) is 0 Å². The summed E-state index contributed by atoms with van der Waals surface area (Å²) in [6.45, 7) is 11.4. The zero-order chi connectivity index (χ0) is 25.3. The van der Waals surface area contributed by atoms with Crippen molar-refractivity contribution in [3.05, 3.63) is 88.6 Å². The molecule has 3 aliphatic heterocycles. The second kappa shape index (κ2) is 10.3. The van der Waals surface area contributed by atoms with E-state index in [1.807, 2.05) is 38.1 Å². The lowest BCUT2D eigenvalue weighted by atomic mass is 9.91. The number of rotatable bonds is 5. The topological polar surface area (TPSA) is 39.2 Å². The van der Waals surface area contributed by atoms with Crippen molar-refractivity contribution in [2.75, 3.05) is 44.4 Å². The Balaban J connectivity index is 1.34. The lowest BCUT2D eigenvalue weighted by Gasteiger charge is -2.41. The first-order valence-electron chi connectivity index (χ1n) is 12.9. The number of nitrogens with zero attached hydrogens (tertiary/aromatic N) is 3. The van der Waals surface area contributed by atoms with E-state index in [0.717, 1.165) is 61.0 Å². The van der Waals surface area contributed by atoms with Gasteiger partial charge in [-0.1, -0.05) is 35.9 Å². The molecule has 5 rings (SSSR count). The van der Waals surface area contributed by atoms with Crippen molar-refractivity contribution >= 4 is 22.9 Å². The first-order chi connectivity index (χ1) is 17.3. The van der Waals surface area contributed by atoms with E-state index in [0.29, 0.717) is 12.8 Å². The number of hydrogen-bond acceptors (Lipinski definition) is 5. The van der Waals surface area contributed by atoms with Crippen LogP contribution in [0.4, 0.5) is 5.69 Å². The first-order valence-corrected chi connectivity index (χ1v) is 13.2. The predicted molar refractivity (Wildman–Crippen MR) is 148 cm³/mol. The Kier molecular flexibility index (Phi) is 7.16. The third-order valence-electron chi connectivity index (χ3n) is 7.35. The summed E-state index contributed by atoms with van der Waals surface area (Å²) in [5.41, 5.74) is 4.65. The third-order valence-corrected chi connectivity index (χ3v) is 7.60. The summed E-state index contributed by atoms with van der Waals surface area (Å²) in [7, 11) is 0. The van der Waals surface area contributed by atoms with Gasteiger partial charge in [0, 0.05) is 66.3 Å². The van der Waals surface area contributed by atoms with Crippen LogP contribution in [0.3, 0.4) is 0 Å². The summed E-state index contributed by atoms with van der Waals surface area (Å²) >= 11 is 6.08. The fourth-order valence-electron chi connectivity index (χ4n) is 5.32. The van der Waals surface area contributed by atoms with Crippen molar-refractivity contribution < 1.29 is 9.84 Å². The number of anilines is 1. The average Bonchev–Trinajstić information content (AvgIpc) is 3.01. The van der Waals surface area contributed by atoms with Crippen LogP contribution in [0.2, 0.25) is 5.02 Å². The van der Waals surface area contributed by atoms with Crippen molar-refractivity contribution in [3.8, 4) is 5.75 Å². The van der Waals surface area contributed by atoms with Crippen LogP contribution in [0.15, 0.2) is 72.5 Å². The van der Waals surface area contributed by atoms with E-state index in [2.05, 4.69) is 64.1 Å². The molecule has 1 atom stereocenters. The normalized spacial score (nSPS) is 21.5. The van der Waals surface area contributed by atoms with Gasteiger partial charge >= 0.3 is 0 Å². The number of allylic oxidation sites excluding steroid dienone is 3. The highest BCUT2D eigenvalue weighted by molar-refractivity contribution is 6.30. The van der Waals surface area contributed by atoms with Crippen LogP contribution in [0.5, 0.6) is 5.75 Å². The fraction of sp³-hybridized carbons (Fsp3) is 0.400. The van der Waals surface area contributed by atoms with Gasteiger partial charge in [-0.25, -0.2) is 0 Å². The molecule has 1 saturated heterocycles. The summed E-state index contributed by atoms with van der Waals surface area (Å²) in [5.74, 6) is 0.870. The Labute approximate surface area is 219 Å². The maximum atomic E-state index is 10.7. The molecule has 0 bridgehead atoms. The molecule has 3 aliphatic rings. The molecule has 190 valence electrons. The summed E-state index contributed by atoms with van der Waals surface area (Å²) in [6.07, 6.45) is 9.77. The summed E-state index contributed by atoms with van der Waals surface area (Å²) < 4.78 is 6.19. The number of benzene rings is 2. The van der Waals surface area contributed by atoms with Gasteiger partial charge in [0.05, 0.1) is 5.60 Å². The Morgan fingerprint density at radius 1 is 1.14 bits per heavy atom. The van der Waals surface area contributed by atoms with Crippen LogP contribution in [0, 0.1) is 0 Å². The van der Waals surface area contributed by atoms with Gasteiger partial charge in [0.15, 0.2) is 6.73 Å².